The Morgan fingerprint density at radius 1 is 1.05 bits per heavy atom. The van der Waals surface area contributed by atoms with Crippen LogP contribution in [-0.4, -0.2) is 29.9 Å². The first kappa shape index (κ1) is 12.4. The second kappa shape index (κ2) is 3.90. The molecule has 2 heterocycles. The highest BCUT2D eigenvalue weighted by atomic mass is 16.6. The van der Waals surface area contributed by atoms with Crippen molar-refractivity contribution < 1.29 is 14.3 Å². The molecule has 4 nitrogen and oxygen atoms in total. The van der Waals surface area contributed by atoms with E-state index in [0.29, 0.717) is 13.1 Å². The SMILES string of the molecule is CC12CN(Cc3ccccc3)CC1(C)C(=O)OC2=O. The van der Waals surface area contributed by atoms with Crippen LogP contribution in [-0.2, 0) is 20.9 Å². The van der Waals surface area contributed by atoms with Crippen molar-refractivity contribution in [2.24, 2.45) is 10.8 Å². The van der Waals surface area contributed by atoms with E-state index in [1.807, 2.05) is 32.0 Å². The van der Waals surface area contributed by atoms with Gasteiger partial charge >= 0.3 is 11.9 Å². The maximum Gasteiger partial charge on any atom is 0.321 e. The smallest absolute Gasteiger partial charge is 0.321 e. The van der Waals surface area contributed by atoms with Gasteiger partial charge in [0.2, 0.25) is 0 Å². The number of hydrogen-bond donors (Lipinski definition) is 0. The summed E-state index contributed by atoms with van der Waals surface area (Å²) >= 11 is 0. The number of cyclic esters (lactones) is 2. The monoisotopic (exact) mass is 259 g/mol. The topological polar surface area (TPSA) is 46.6 Å². The molecule has 0 aliphatic carbocycles. The highest BCUT2D eigenvalue weighted by Crippen LogP contribution is 2.52. The Balaban J connectivity index is 1.84. The van der Waals surface area contributed by atoms with Gasteiger partial charge in [0.05, 0.1) is 10.8 Å². The zero-order valence-corrected chi connectivity index (χ0v) is 11.2. The maximum atomic E-state index is 11.9. The standard InChI is InChI=1S/C15H17NO3/c1-14-9-16(8-11-6-4-3-5-7-11)10-15(14,2)13(18)19-12(14)17/h3-7H,8-10H2,1-2H3. The third-order valence-corrected chi connectivity index (χ3v) is 4.63. The zero-order chi connectivity index (χ0) is 13.7. The van der Waals surface area contributed by atoms with E-state index < -0.39 is 10.8 Å². The Hall–Kier alpha value is -1.68. The van der Waals surface area contributed by atoms with Crippen molar-refractivity contribution >= 4 is 11.9 Å². The van der Waals surface area contributed by atoms with Gasteiger partial charge in [-0.1, -0.05) is 30.3 Å². The van der Waals surface area contributed by atoms with Crippen LogP contribution < -0.4 is 0 Å². The van der Waals surface area contributed by atoms with E-state index >= 15 is 0 Å². The first-order valence-electron chi connectivity index (χ1n) is 6.49. The second-order valence-electron chi connectivity index (χ2n) is 5.97. The molecule has 0 saturated carbocycles. The van der Waals surface area contributed by atoms with Gasteiger partial charge in [0, 0.05) is 19.6 Å². The Morgan fingerprint density at radius 2 is 1.58 bits per heavy atom. The van der Waals surface area contributed by atoms with Gasteiger partial charge in [-0.2, -0.15) is 0 Å². The molecule has 2 saturated heterocycles. The Morgan fingerprint density at radius 3 is 2.11 bits per heavy atom. The number of fused-ring (bicyclic) bond motifs is 1. The molecule has 4 heteroatoms. The Kier molecular flexibility index (Phi) is 2.54. The normalized spacial score (nSPS) is 34.4. The molecule has 100 valence electrons. The third-order valence-electron chi connectivity index (χ3n) is 4.63. The van der Waals surface area contributed by atoms with Gasteiger partial charge < -0.3 is 4.74 Å². The number of rotatable bonds is 2. The lowest BCUT2D eigenvalue weighted by Gasteiger charge is -2.24. The summed E-state index contributed by atoms with van der Waals surface area (Å²) < 4.78 is 4.83. The lowest BCUT2D eigenvalue weighted by atomic mass is 9.70. The van der Waals surface area contributed by atoms with E-state index in [2.05, 4.69) is 17.0 Å². The minimum absolute atomic E-state index is 0.379. The average molecular weight is 259 g/mol. The van der Waals surface area contributed by atoms with E-state index in [4.69, 9.17) is 4.74 Å². The lowest BCUT2D eigenvalue weighted by molar-refractivity contribution is -0.156. The van der Waals surface area contributed by atoms with Crippen molar-refractivity contribution in [2.75, 3.05) is 13.1 Å². The van der Waals surface area contributed by atoms with Crippen molar-refractivity contribution in [1.82, 2.24) is 4.90 Å². The lowest BCUT2D eigenvalue weighted by Crippen LogP contribution is -2.38. The molecular weight excluding hydrogens is 242 g/mol. The Bertz CT molecular complexity index is 514. The van der Waals surface area contributed by atoms with Gasteiger partial charge in [-0.15, -0.1) is 0 Å². The molecule has 0 N–H and O–H groups in total. The van der Waals surface area contributed by atoms with Gasteiger partial charge in [0.15, 0.2) is 0 Å². The quantitative estimate of drug-likeness (QED) is 0.598. The maximum absolute atomic E-state index is 11.9. The van der Waals surface area contributed by atoms with Crippen LogP contribution in [0.1, 0.15) is 19.4 Å². The number of benzene rings is 1. The van der Waals surface area contributed by atoms with Gasteiger partial charge in [-0.05, 0) is 19.4 Å². The van der Waals surface area contributed by atoms with E-state index in [-0.39, 0.29) is 11.9 Å². The number of ether oxygens (including phenoxy) is 1. The van der Waals surface area contributed by atoms with E-state index in [1.165, 1.54) is 5.56 Å². The molecule has 0 amide bonds. The van der Waals surface area contributed by atoms with Crippen LogP contribution in [0.5, 0.6) is 0 Å². The molecule has 0 bridgehead atoms. The number of carbonyl (C=O) groups excluding carboxylic acids is 2. The average Bonchev–Trinajstić information content (AvgIpc) is 2.71. The van der Waals surface area contributed by atoms with Crippen molar-refractivity contribution in [1.29, 1.82) is 0 Å². The summed E-state index contributed by atoms with van der Waals surface area (Å²) in [5, 5.41) is 0. The zero-order valence-electron chi connectivity index (χ0n) is 11.2. The van der Waals surface area contributed by atoms with Gasteiger partial charge in [-0.3, -0.25) is 14.5 Å². The largest absolute Gasteiger partial charge is 0.392 e. The van der Waals surface area contributed by atoms with Crippen LogP contribution in [0.15, 0.2) is 30.3 Å². The summed E-state index contributed by atoms with van der Waals surface area (Å²) in [4.78, 5) is 26.0. The molecule has 1 aromatic carbocycles. The molecule has 1 aromatic rings. The number of hydrogen-bond acceptors (Lipinski definition) is 4. The van der Waals surface area contributed by atoms with Crippen LogP contribution >= 0.6 is 0 Å². The van der Waals surface area contributed by atoms with E-state index in [1.54, 1.807) is 0 Å². The number of esters is 2. The summed E-state index contributed by atoms with van der Waals surface area (Å²) in [6.45, 7) is 5.58. The van der Waals surface area contributed by atoms with Crippen LogP contribution in [0.2, 0.25) is 0 Å². The molecule has 2 fully saturated rings. The molecule has 2 atom stereocenters. The fourth-order valence-electron chi connectivity index (χ4n) is 3.14. The molecule has 2 aliphatic heterocycles. The number of likely N-dealkylation sites (tertiary alicyclic amines) is 1. The Labute approximate surface area is 112 Å². The fourth-order valence-corrected chi connectivity index (χ4v) is 3.14. The molecule has 19 heavy (non-hydrogen) atoms. The first-order valence-corrected chi connectivity index (χ1v) is 6.49. The van der Waals surface area contributed by atoms with Crippen molar-refractivity contribution in [3.63, 3.8) is 0 Å². The highest BCUT2D eigenvalue weighted by molar-refractivity contribution is 6.02. The van der Waals surface area contributed by atoms with Gasteiger partial charge in [-0.25, -0.2) is 0 Å². The minimum atomic E-state index is -0.709. The van der Waals surface area contributed by atoms with Crippen LogP contribution in [0.3, 0.4) is 0 Å². The predicted molar refractivity (Wildman–Crippen MR) is 69.0 cm³/mol. The summed E-state index contributed by atoms with van der Waals surface area (Å²) in [7, 11) is 0. The summed E-state index contributed by atoms with van der Waals surface area (Å²) in [5.74, 6) is -0.758. The van der Waals surface area contributed by atoms with E-state index in [0.717, 1.165) is 6.54 Å². The predicted octanol–water partition coefficient (Wildman–Crippen LogP) is 1.60. The molecular formula is C15H17NO3. The summed E-state index contributed by atoms with van der Waals surface area (Å²) in [5.41, 5.74) is -0.229. The van der Waals surface area contributed by atoms with Gasteiger partial charge in [0.25, 0.3) is 0 Å². The molecule has 0 radical (unpaired) electrons. The number of carbonyl (C=O) groups is 2. The van der Waals surface area contributed by atoms with Crippen LogP contribution in [0, 0.1) is 10.8 Å². The van der Waals surface area contributed by atoms with Crippen LogP contribution in [0.4, 0.5) is 0 Å². The molecule has 2 aliphatic rings. The van der Waals surface area contributed by atoms with Crippen molar-refractivity contribution in [3.8, 4) is 0 Å². The molecule has 3 rings (SSSR count). The molecule has 2 unspecified atom stereocenters. The fraction of sp³-hybridized carbons (Fsp3) is 0.467. The summed E-state index contributed by atoms with van der Waals surface area (Å²) in [6, 6.07) is 10.1. The first-order chi connectivity index (χ1) is 8.96. The highest BCUT2D eigenvalue weighted by Gasteiger charge is 2.67. The molecule has 0 spiro atoms. The second-order valence-corrected chi connectivity index (χ2v) is 5.97. The summed E-state index contributed by atoms with van der Waals surface area (Å²) in [6.07, 6.45) is 0. The van der Waals surface area contributed by atoms with Crippen molar-refractivity contribution in [3.05, 3.63) is 35.9 Å². The number of nitrogens with zero attached hydrogens (tertiary/aromatic N) is 1. The van der Waals surface area contributed by atoms with Gasteiger partial charge in [0.1, 0.15) is 0 Å². The van der Waals surface area contributed by atoms with E-state index in [9.17, 15) is 9.59 Å². The third kappa shape index (κ3) is 1.63. The van der Waals surface area contributed by atoms with Crippen molar-refractivity contribution in [2.45, 2.75) is 20.4 Å². The minimum Gasteiger partial charge on any atom is -0.392 e. The molecule has 0 aromatic heterocycles. The van der Waals surface area contributed by atoms with Crippen LogP contribution in [0.25, 0.3) is 0 Å².